The summed E-state index contributed by atoms with van der Waals surface area (Å²) in [5, 5.41) is 11.8. The smallest absolute Gasteiger partial charge is 0.280 e. The normalized spacial score (nSPS) is 11.8. The molecule has 0 saturated carbocycles. The molecule has 0 radical (unpaired) electrons. The van der Waals surface area contributed by atoms with E-state index in [1.54, 1.807) is 36.4 Å². The van der Waals surface area contributed by atoms with Crippen molar-refractivity contribution in [1.29, 1.82) is 0 Å². The van der Waals surface area contributed by atoms with Crippen LogP contribution in [0.3, 0.4) is 0 Å². The maximum absolute atomic E-state index is 13.4. The van der Waals surface area contributed by atoms with Crippen molar-refractivity contribution in [3.63, 3.8) is 0 Å². The molecular formula is C26H27N7O6S. The molecule has 4 rings (SSSR count). The van der Waals surface area contributed by atoms with Gasteiger partial charge in [-0.2, -0.15) is 13.4 Å². The minimum Gasteiger partial charge on any atom is -0.493 e. The lowest BCUT2D eigenvalue weighted by atomic mass is 10.1. The minimum absolute atomic E-state index is 0.0411. The van der Waals surface area contributed by atoms with Gasteiger partial charge in [-0.15, -0.1) is 0 Å². The lowest BCUT2D eigenvalue weighted by Gasteiger charge is -2.17. The molecule has 1 aromatic carbocycles. The standard InChI is InChI=1S/C26H27N7O6S/c1-15(2)17-9-10-21(29-14-17)40(35,36)33-25-22(39-20-8-6-5-7-19(20)37-3)26(38-4)31-24(30-25)16-11-12-28-18(13-16)23(27)32-34/h5-15,34H,1-4H3,(H2,27,32)(H,30,31,33). The maximum Gasteiger partial charge on any atom is 0.280 e. The molecule has 0 aliphatic heterocycles. The Kier molecular flexibility index (Phi) is 8.29. The van der Waals surface area contributed by atoms with Crippen LogP contribution in [0, 0.1) is 0 Å². The van der Waals surface area contributed by atoms with Crippen LogP contribution in [0.1, 0.15) is 31.0 Å². The fourth-order valence-corrected chi connectivity index (χ4v) is 4.44. The highest BCUT2D eigenvalue weighted by molar-refractivity contribution is 7.92. The summed E-state index contributed by atoms with van der Waals surface area (Å²) >= 11 is 0. The van der Waals surface area contributed by atoms with Crippen molar-refractivity contribution in [3.8, 4) is 34.5 Å². The third-order valence-corrected chi connectivity index (χ3v) is 6.88. The number of benzene rings is 1. The molecule has 3 heterocycles. The van der Waals surface area contributed by atoms with Gasteiger partial charge in [0.2, 0.25) is 5.75 Å². The van der Waals surface area contributed by atoms with Crippen molar-refractivity contribution in [2.45, 2.75) is 24.8 Å². The van der Waals surface area contributed by atoms with E-state index in [0.29, 0.717) is 11.3 Å². The first-order valence-corrected chi connectivity index (χ1v) is 13.3. The minimum atomic E-state index is -4.24. The van der Waals surface area contributed by atoms with Crippen LogP contribution in [0.15, 0.2) is 71.1 Å². The number of pyridine rings is 2. The molecule has 0 unspecified atom stereocenters. The van der Waals surface area contributed by atoms with E-state index in [1.807, 2.05) is 13.8 Å². The topological polar surface area (TPSA) is 184 Å². The van der Waals surface area contributed by atoms with Gasteiger partial charge in [0.05, 0.1) is 14.2 Å². The van der Waals surface area contributed by atoms with E-state index in [-0.39, 0.29) is 51.5 Å². The van der Waals surface area contributed by atoms with E-state index in [0.717, 1.165) is 5.56 Å². The number of hydrogen-bond donors (Lipinski definition) is 3. The number of nitrogens with two attached hydrogens (primary N) is 1. The number of methoxy groups -OCH3 is 2. The number of amidine groups is 1. The predicted molar refractivity (Wildman–Crippen MR) is 147 cm³/mol. The van der Waals surface area contributed by atoms with Gasteiger partial charge in [0.15, 0.2) is 34.0 Å². The van der Waals surface area contributed by atoms with E-state index in [1.165, 1.54) is 38.7 Å². The molecule has 3 aromatic heterocycles. The molecule has 0 amide bonds. The zero-order chi connectivity index (χ0) is 28.9. The first-order valence-electron chi connectivity index (χ1n) is 11.9. The van der Waals surface area contributed by atoms with Crippen LogP contribution in [-0.2, 0) is 10.0 Å². The monoisotopic (exact) mass is 565 g/mol. The molecule has 0 atom stereocenters. The van der Waals surface area contributed by atoms with Crippen molar-refractivity contribution in [2.24, 2.45) is 10.9 Å². The molecule has 0 fully saturated rings. The Morgan fingerprint density at radius 1 is 1.02 bits per heavy atom. The number of aromatic nitrogens is 4. The first kappa shape index (κ1) is 28.0. The molecule has 0 saturated heterocycles. The number of sulfonamides is 1. The third kappa shape index (κ3) is 6.02. The van der Waals surface area contributed by atoms with Crippen molar-refractivity contribution in [2.75, 3.05) is 18.9 Å². The van der Waals surface area contributed by atoms with Crippen molar-refractivity contribution >= 4 is 21.7 Å². The van der Waals surface area contributed by atoms with Crippen LogP contribution < -0.4 is 24.7 Å². The van der Waals surface area contributed by atoms with Crippen molar-refractivity contribution in [1.82, 2.24) is 19.9 Å². The summed E-state index contributed by atoms with van der Waals surface area (Å²) < 4.78 is 46.2. The summed E-state index contributed by atoms with van der Waals surface area (Å²) in [6.45, 7) is 3.95. The summed E-state index contributed by atoms with van der Waals surface area (Å²) in [7, 11) is -1.42. The summed E-state index contributed by atoms with van der Waals surface area (Å²) in [6, 6.07) is 12.9. The van der Waals surface area contributed by atoms with Gasteiger partial charge in [-0.1, -0.05) is 37.2 Å². The lowest BCUT2D eigenvalue weighted by molar-refractivity contribution is 0.318. The molecule has 40 heavy (non-hydrogen) atoms. The molecule has 0 aliphatic rings. The summed E-state index contributed by atoms with van der Waals surface area (Å²) in [6.07, 6.45) is 2.91. The molecule has 0 aliphatic carbocycles. The molecule has 0 spiro atoms. The lowest BCUT2D eigenvalue weighted by Crippen LogP contribution is -2.17. The molecular weight excluding hydrogens is 538 g/mol. The van der Waals surface area contributed by atoms with Crippen LogP contribution >= 0.6 is 0 Å². The number of oxime groups is 1. The van der Waals surface area contributed by atoms with E-state index in [2.05, 4.69) is 29.8 Å². The second-order valence-corrected chi connectivity index (χ2v) is 10.2. The zero-order valence-electron chi connectivity index (χ0n) is 22.1. The summed E-state index contributed by atoms with van der Waals surface area (Å²) in [5.41, 5.74) is 7.08. The van der Waals surface area contributed by atoms with Crippen molar-refractivity contribution < 1.29 is 27.8 Å². The highest BCUT2D eigenvalue weighted by atomic mass is 32.2. The zero-order valence-corrected chi connectivity index (χ0v) is 22.9. The molecule has 208 valence electrons. The highest BCUT2D eigenvalue weighted by Gasteiger charge is 2.26. The molecule has 4 aromatic rings. The van der Waals surface area contributed by atoms with Gasteiger partial charge in [0.25, 0.3) is 15.9 Å². The van der Waals surface area contributed by atoms with Gasteiger partial charge in [-0.25, -0.2) is 9.97 Å². The van der Waals surface area contributed by atoms with E-state index in [9.17, 15) is 8.42 Å². The number of nitrogens with zero attached hydrogens (tertiary/aromatic N) is 5. The largest absolute Gasteiger partial charge is 0.493 e. The Morgan fingerprint density at radius 3 is 2.40 bits per heavy atom. The molecule has 0 bridgehead atoms. The van der Waals surface area contributed by atoms with Gasteiger partial charge in [0, 0.05) is 18.0 Å². The predicted octanol–water partition coefficient (Wildman–Crippen LogP) is 3.76. The van der Waals surface area contributed by atoms with E-state index < -0.39 is 10.0 Å². The first-order chi connectivity index (χ1) is 19.2. The summed E-state index contributed by atoms with van der Waals surface area (Å²) in [5.74, 6) is 0.180. The van der Waals surface area contributed by atoms with Gasteiger partial charge in [-0.3, -0.25) is 9.71 Å². The van der Waals surface area contributed by atoms with Gasteiger partial charge in [0.1, 0.15) is 5.69 Å². The Balaban J connectivity index is 1.87. The third-order valence-electron chi connectivity index (χ3n) is 5.63. The Hall–Kier alpha value is -4.98. The average molecular weight is 566 g/mol. The number of para-hydroxylation sites is 2. The number of hydrogen-bond acceptors (Lipinski definition) is 11. The maximum atomic E-state index is 13.4. The summed E-state index contributed by atoms with van der Waals surface area (Å²) in [4.78, 5) is 17.0. The second kappa shape index (κ2) is 11.8. The molecule has 13 nitrogen and oxygen atoms in total. The molecule has 4 N–H and O–H groups in total. The van der Waals surface area contributed by atoms with Crippen LogP contribution in [0.5, 0.6) is 23.1 Å². The number of rotatable bonds is 10. The Morgan fingerprint density at radius 2 is 1.77 bits per heavy atom. The number of nitrogens with one attached hydrogen (secondary N) is 1. The molecule has 14 heteroatoms. The van der Waals surface area contributed by atoms with E-state index >= 15 is 0 Å². The van der Waals surface area contributed by atoms with Crippen LogP contribution in [-0.4, -0.2) is 53.6 Å². The van der Waals surface area contributed by atoms with Gasteiger partial charge < -0.3 is 25.2 Å². The fraction of sp³-hybridized carbons (Fsp3) is 0.192. The van der Waals surface area contributed by atoms with E-state index in [4.69, 9.17) is 25.2 Å². The Bertz CT molecular complexity index is 1640. The van der Waals surface area contributed by atoms with Gasteiger partial charge in [-0.05, 0) is 41.8 Å². The van der Waals surface area contributed by atoms with Crippen LogP contribution in [0.2, 0.25) is 0 Å². The fourth-order valence-electron chi connectivity index (χ4n) is 3.50. The average Bonchev–Trinajstić information content (AvgIpc) is 2.97. The van der Waals surface area contributed by atoms with Crippen LogP contribution in [0.4, 0.5) is 5.82 Å². The van der Waals surface area contributed by atoms with Crippen LogP contribution in [0.25, 0.3) is 11.4 Å². The second-order valence-electron chi connectivity index (χ2n) is 8.59. The number of ether oxygens (including phenoxy) is 3. The Labute approximate surface area is 230 Å². The highest BCUT2D eigenvalue weighted by Crippen LogP contribution is 2.41. The quantitative estimate of drug-likeness (QED) is 0.110. The SMILES string of the molecule is COc1ccccc1Oc1c(NS(=O)(=O)c2ccc(C(C)C)cn2)nc(-c2ccnc(C(N)=NO)c2)nc1OC. The number of anilines is 1. The van der Waals surface area contributed by atoms with Crippen molar-refractivity contribution in [3.05, 3.63) is 72.2 Å². The van der Waals surface area contributed by atoms with Gasteiger partial charge >= 0.3 is 0 Å².